The summed E-state index contributed by atoms with van der Waals surface area (Å²) in [6.45, 7) is 5.02. The summed E-state index contributed by atoms with van der Waals surface area (Å²) in [7, 11) is -2.20. The van der Waals surface area contributed by atoms with E-state index in [1.165, 1.54) is 0 Å². The fourth-order valence-electron chi connectivity index (χ4n) is 0.440. The number of hydrogen-bond donors (Lipinski definition) is 1. The van der Waals surface area contributed by atoms with E-state index in [4.69, 9.17) is 5.11 Å². The minimum absolute atomic E-state index is 0.588. The molecule has 0 rings (SSSR count). The van der Waals surface area contributed by atoms with Gasteiger partial charge in [0.05, 0.1) is 0 Å². The van der Waals surface area contributed by atoms with Crippen molar-refractivity contribution >= 4 is 7.14 Å². The number of rotatable bonds is 2. The molecule has 0 aliphatic rings. The number of aliphatic hydroxyl groups is 1. The Balaban J connectivity index is 3.82. The van der Waals surface area contributed by atoms with Crippen molar-refractivity contribution < 1.29 is 9.67 Å². The van der Waals surface area contributed by atoms with Crippen molar-refractivity contribution in [1.29, 1.82) is 0 Å². The summed E-state index contributed by atoms with van der Waals surface area (Å²) < 4.78 is 10.9. The van der Waals surface area contributed by atoms with E-state index in [-0.39, 0.29) is 0 Å². The molecule has 0 aromatic carbocycles. The smallest absolute Gasteiger partial charge is 0.109 e. The Hall–Kier alpha value is 0.190. The zero-order valence-electron chi connectivity index (χ0n) is 5.59. The molecule has 3 heteroatoms. The highest BCUT2D eigenvalue weighted by atomic mass is 31.2. The highest BCUT2D eigenvalue weighted by Crippen LogP contribution is 2.41. The molecule has 50 valence electrons. The van der Waals surface area contributed by atoms with Gasteiger partial charge in [0, 0.05) is 0 Å². The molecule has 0 aliphatic carbocycles. The Kier molecular flexibility index (Phi) is 2.72. The molecule has 0 aromatic rings. The van der Waals surface area contributed by atoms with E-state index in [1.807, 2.05) is 6.92 Å². The van der Waals surface area contributed by atoms with Crippen molar-refractivity contribution in [3.05, 3.63) is 0 Å². The summed E-state index contributed by atoms with van der Waals surface area (Å²) in [4.78, 5) is 0. The standard InChI is InChI=1S/C5H13O2P/c1-4-5(6)8(2,3)7/h5-6H,4H2,1-3H3. The van der Waals surface area contributed by atoms with Gasteiger partial charge in [-0.2, -0.15) is 0 Å². The SMILES string of the molecule is CCC(O)P(C)(C)=O. The van der Waals surface area contributed by atoms with Crippen LogP contribution in [0.5, 0.6) is 0 Å². The Morgan fingerprint density at radius 2 is 2.00 bits per heavy atom. The van der Waals surface area contributed by atoms with Crippen LogP contribution in [0.3, 0.4) is 0 Å². The van der Waals surface area contributed by atoms with Gasteiger partial charge in [0.2, 0.25) is 0 Å². The maximum absolute atomic E-state index is 10.9. The monoisotopic (exact) mass is 136 g/mol. The topological polar surface area (TPSA) is 37.3 Å². The third-order valence-electron chi connectivity index (χ3n) is 1.08. The lowest BCUT2D eigenvalue weighted by Gasteiger charge is -2.11. The van der Waals surface area contributed by atoms with Crippen LogP contribution < -0.4 is 0 Å². The molecule has 1 atom stereocenters. The molecule has 0 fully saturated rings. The van der Waals surface area contributed by atoms with Crippen LogP contribution in [0.15, 0.2) is 0 Å². The molecule has 2 nitrogen and oxygen atoms in total. The summed E-state index contributed by atoms with van der Waals surface area (Å²) in [5.74, 6) is -0.595. The van der Waals surface area contributed by atoms with Gasteiger partial charge in [-0.3, -0.25) is 0 Å². The minimum atomic E-state index is -2.20. The molecule has 0 amide bonds. The van der Waals surface area contributed by atoms with Crippen LogP contribution in [0.2, 0.25) is 0 Å². The van der Waals surface area contributed by atoms with Gasteiger partial charge in [-0.15, -0.1) is 0 Å². The Morgan fingerprint density at radius 1 is 1.62 bits per heavy atom. The van der Waals surface area contributed by atoms with Gasteiger partial charge in [0.1, 0.15) is 13.0 Å². The van der Waals surface area contributed by atoms with Gasteiger partial charge in [-0.1, -0.05) is 6.92 Å². The number of hydrogen-bond acceptors (Lipinski definition) is 2. The first-order chi connectivity index (χ1) is 3.48. The first-order valence-electron chi connectivity index (χ1n) is 2.71. The van der Waals surface area contributed by atoms with Gasteiger partial charge >= 0.3 is 0 Å². The molecule has 0 radical (unpaired) electrons. The molecule has 0 spiro atoms. The summed E-state index contributed by atoms with van der Waals surface area (Å²) in [6.07, 6.45) is 0.588. The van der Waals surface area contributed by atoms with E-state index in [2.05, 4.69) is 0 Å². The summed E-state index contributed by atoms with van der Waals surface area (Å²) in [5.41, 5.74) is 0. The maximum atomic E-state index is 10.9. The predicted octanol–water partition coefficient (Wildman–Crippen LogP) is 1.34. The number of aliphatic hydroxyl groups excluding tert-OH is 1. The fourth-order valence-corrected chi connectivity index (χ4v) is 1.32. The van der Waals surface area contributed by atoms with Gasteiger partial charge in [-0.25, -0.2) is 0 Å². The van der Waals surface area contributed by atoms with E-state index in [9.17, 15) is 4.57 Å². The molecule has 1 unspecified atom stereocenters. The van der Waals surface area contributed by atoms with Crippen molar-refractivity contribution in [2.75, 3.05) is 13.3 Å². The molecule has 0 saturated carbocycles. The first-order valence-corrected chi connectivity index (χ1v) is 5.38. The second-order valence-electron chi connectivity index (χ2n) is 2.32. The molecule has 0 aromatic heterocycles. The van der Waals surface area contributed by atoms with E-state index < -0.39 is 13.0 Å². The Labute approximate surface area is 50.3 Å². The molecular weight excluding hydrogens is 123 g/mol. The lowest BCUT2D eigenvalue weighted by molar-refractivity contribution is 0.245. The van der Waals surface area contributed by atoms with Crippen molar-refractivity contribution in [1.82, 2.24) is 0 Å². The summed E-state index contributed by atoms with van der Waals surface area (Å²) in [6, 6.07) is 0. The molecule has 1 N–H and O–H groups in total. The second-order valence-corrected chi connectivity index (χ2v) is 5.79. The zero-order valence-corrected chi connectivity index (χ0v) is 6.48. The molecule has 0 heterocycles. The first kappa shape index (κ1) is 8.19. The van der Waals surface area contributed by atoms with Gasteiger partial charge in [0.25, 0.3) is 0 Å². The molecule has 0 bridgehead atoms. The van der Waals surface area contributed by atoms with Gasteiger partial charge in [-0.05, 0) is 19.8 Å². The Bertz CT molecular complexity index is 105. The third-order valence-corrected chi connectivity index (χ3v) is 2.88. The van der Waals surface area contributed by atoms with E-state index in [0.29, 0.717) is 6.42 Å². The van der Waals surface area contributed by atoms with Crippen LogP contribution in [0.4, 0.5) is 0 Å². The minimum Gasteiger partial charge on any atom is -0.385 e. The maximum Gasteiger partial charge on any atom is 0.109 e. The van der Waals surface area contributed by atoms with Crippen LogP contribution >= 0.6 is 7.14 Å². The van der Waals surface area contributed by atoms with Crippen LogP contribution in [-0.2, 0) is 4.57 Å². The highest BCUT2D eigenvalue weighted by molar-refractivity contribution is 7.62. The molecule has 0 saturated heterocycles. The summed E-state index contributed by atoms with van der Waals surface area (Å²) in [5, 5.41) is 8.93. The normalized spacial score (nSPS) is 16.0. The van der Waals surface area contributed by atoms with Crippen LogP contribution in [-0.4, -0.2) is 24.3 Å². The van der Waals surface area contributed by atoms with Gasteiger partial charge in [0.15, 0.2) is 0 Å². The van der Waals surface area contributed by atoms with E-state index in [1.54, 1.807) is 13.3 Å². The van der Waals surface area contributed by atoms with Crippen LogP contribution in [0.1, 0.15) is 13.3 Å². The third kappa shape index (κ3) is 2.49. The van der Waals surface area contributed by atoms with Crippen molar-refractivity contribution in [2.24, 2.45) is 0 Å². The van der Waals surface area contributed by atoms with E-state index >= 15 is 0 Å². The van der Waals surface area contributed by atoms with Crippen molar-refractivity contribution in [3.63, 3.8) is 0 Å². The second kappa shape index (κ2) is 2.65. The molecule has 0 aliphatic heterocycles. The molecular formula is C5H13O2P. The summed E-state index contributed by atoms with van der Waals surface area (Å²) >= 11 is 0. The zero-order chi connectivity index (χ0) is 6.78. The highest BCUT2D eigenvalue weighted by Gasteiger charge is 2.16. The fraction of sp³-hybridized carbons (Fsp3) is 1.00. The van der Waals surface area contributed by atoms with E-state index in [0.717, 1.165) is 0 Å². The lowest BCUT2D eigenvalue weighted by Crippen LogP contribution is -2.02. The van der Waals surface area contributed by atoms with Crippen molar-refractivity contribution in [3.8, 4) is 0 Å². The van der Waals surface area contributed by atoms with Crippen molar-refractivity contribution in [2.45, 2.75) is 19.2 Å². The van der Waals surface area contributed by atoms with Gasteiger partial charge < -0.3 is 9.67 Å². The Morgan fingerprint density at radius 3 is 2.00 bits per heavy atom. The lowest BCUT2D eigenvalue weighted by atomic mass is 10.5. The quantitative estimate of drug-likeness (QED) is 0.581. The predicted molar refractivity (Wildman–Crippen MR) is 35.8 cm³/mol. The average Bonchev–Trinajstić information content (AvgIpc) is 1.62. The largest absolute Gasteiger partial charge is 0.385 e. The van der Waals surface area contributed by atoms with Crippen LogP contribution in [0.25, 0.3) is 0 Å². The van der Waals surface area contributed by atoms with Crippen LogP contribution in [0, 0.1) is 0 Å². The molecule has 8 heavy (non-hydrogen) atoms. The average molecular weight is 136 g/mol.